The predicted molar refractivity (Wildman–Crippen MR) is 340 cm³/mol. The quantitative estimate of drug-likeness (QED) is 0.143. The van der Waals surface area contributed by atoms with Crippen molar-refractivity contribution in [3.8, 4) is 0 Å². The Bertz CT molecular complexity index is 3370. The molecule has 8 aromatic rings. The summed E-state index contributed by atoms with van der Waals surface area (Å²) in [6, 6.07) is 55.5. The highest BCUT2D eigenvalue weighted by molar-refractivity contribution is 7.17. The van der Waals surface area contributed by atoms with Crippen LogP contribution < -0.4 is 14.7 Å². The second-order valence-electron chi connectivity index (χ2n) is 28.6. The molecule has 7 aromatic carbocycles. The molecule has 0 fully saturated rings. The average Bonchev–Trinajstić information content (AvgIpc) is 3.78. The van der Waals surface area contributed by atoms with Crippen molar-refractivity contribution >= 4 is 84.2 Å². The molecule has 1 aromatic heterocycles. The van der Waals surface area contributed by atoms with Crippen LogP contribution in [0.2, 0.25) is 5.02 Å². The van der Waals surface area contributed by atoms with E-state index in [0.717, 1.165) is 64.0 Å². The molecule has 0 aliphatic heterocycles. The number of fused-ring (bicyclic) bond motifs is 2. The number of hydrogen-bond donors (Lipinski definition) is 0. The third-order valence-corrected chi connectivity index (χ3v) is 17.8. The van der Waals surface area contributed by atoms with Crippen LogP contribution in [0.5, 0.6) is 0 Å². The fourth-order valence-electron chi connectivity index (χ4n) is 11.1. The summed E-state index contributed by atoms with van der Waals surface area (Å²) in [7, 11) is 0. The summed E-state index contributed by atoms with van der Waals surface area (Å²) in [6.45, 7) is 44.1. The van der Waals surface area contributed by atoms with E-state index in [1.54, 1.807) is 11.3 Å². The van der Waals surface area contributed by atoms with Crippen LogP contribution >= 0.6 is 22.9 Å². The van der Waals surface area contributed by atoms with Crippen molar-refractivity contribution < 1.29 is 0 Å². The van der Waals surface area contributed by atoms with Crippen molar-refractivity contribution in [1.82, 2.24) is 0 Å². The van der Waals surface area contributed by atoms with Gasteiger partial charge in [-0.3, -0.25) is 0 Å². The summed E-state index contributed by atoms with van der Waals surface area (Å²) in [5, 5.41) is 4.26. The molecule has 5 heteroatoms. The fraction of sp³-hybridized carbons (Fsp3) is 0.389. The van der Waals surface area contributed by atoms with Gasteiger partial charge in [-0.05, 0) is 181 Å². The first kappa shape index (κ1) is 55.9. The molecule has 0 radical (unpaired) electrons. The van der Waals surface area contributed by atoms with Crippen LogP contribution in [-0.2, 0) is 37.9 Å². The number of nitrogens with zero attached hydrogens (tertiary/aromatic N) is 3. The van der Waals surface area contributed by atoms with Gasteiger partial charge in [0, 0.05) is 49.6 Å². The monoisotopic (exact) mass is 1060 g/mol. The SMILES string of the molecule is CC(C)(C)c1ccc(N(c2ccc(C(C)(C)C)cc2)c2cccc(N(c3ccc(C(C)(C)C)cc3)c3cc(C(C)(C)C)cc(N(c4ccc5c(c4)C(C)(C)CCC5(C)C)c4csc5ccc(C(C)(C)C)cc45)c3Cl)c2)cc1. The second-order valence-corrected chi connectivity index (χ2v) is 29.9. The zero-order chi connectivity index (χ0) is 56.0. The van der Waals surface area contributed by atoms with E-state index >= 15 is 0 Å². The Morgan fingerprint density at radius 3 is 1.22 bits per heavy atom. The van der Waals surface area contributed by atoms with Crippen molar-refractivity contribution in [3.63, 3.8) is 0 Å². The van der Waals surface area contributed by atoms with Crippen LogP contribution in [0.25, 0.3) is 10.1 Å². The first-order valence-corrected chi connectivity index (χ1v) is 29.3. The van der Waals surface area contributed by atoms with E-state index in [4.69, 9.17) is 11.6 Å². The van der Waals surface area contributed by atoms with E-state index in [1.807, 2.05) is 0 Å². The molecule has 0 amide bonds. The molecule has 0 unspecified atom stereocenters. The zero-order valence-corrected chi connectivity index (χ0v) is 51.5. The molecule has 0 saturated heterocycles. The Morgan fingerprint density at radius 1 is 0.364 bits per heavy atom. The minimum Gasteiger partial charge on any atom is -0.310 e. The lowest BCUT2D eigenvalue weighted by Crippen LogP contribution is -2.34. The van der Waals surface area contributed by atoms with Crippen LogP contribution in [0.4, 0.5) is 51.2 Å². The number of benzene rings is 7. The Balaban J connectivity index is 1.33. The van der Waals surface area contributed by atoms with Gasteiger partial charge in [-0.25, -0.2) is 0 Å². The van der Waals surface area contributed by atoms with Gasteiger partial charge in [0.05, 0.1) is 22.1 Å². The normalized spacial score (nSPS) is 14.9. The van der Waals surface area contributed by atoms with Crippen molar-refractivity contribution in [1.29, 1.82) is 0 Å². The Hall–Kier alpha value is -5.81. The van der Waals surface area contributed by atoms with Gasteiger partial charge in [0.15, 0.2) is 0 Å². The zero-order valence-electron chi connectivity index (χ0n) is 50.0. The molecule has 1 heterocycles. The average molecular weight is 1060 g/mol. The first-order chi connectivity index (χ1) is 35.7. The maximum atomic E-state index is 8.40. The highest BCUT2D eigenvalue weighted by Gasteiger charge is 2.38. The first-order valence-electron chi connectivity index (χ1n) is 28.1. The van der Waals surface area contributed by atoms with Crippen LogP contribution in [0.15, 0.2) is 151 Å². The largest absolute Gasteiger partial charge is 0.310 e. The molecule has 0 saturated carbocycles. The molecule has 402 valence electrons. The highest BCUT2D eigenvalue weighted by atomic mass is 35.5. The number of anilines is 9. The van der Waals surface area contributed by atoms with E-state index in [0.29, 0.717) is 5.02 Å². The molecule has 3 nitrogen and oxygen atoms in total. The van der Waals surface area contributed by atoms with Gasteiger partial charge < -0.3 is 14.7 Å². The lowest BCUT2D eigenvalue weighted by atomic mass is 9.63. The summed E-state index contributed by atoms with van der Waals surface area (Å²) in [5.74, 6) is 0. The maximum absolute atomic E-state index is 8.40. The topological polar surface area (TPSA) is 9.72 Å². The molecule has 77 heavy (non-hydrogen) atoms. The molecule has 9 rings (SSSR count). The predicted octanol–water partition coefficient (Wildman–Crippen LogP) is 22.8. The van der Waals surface area contributed by atoms with Gasteiger partial charge in [0.1, 0.15) is 0 Å². The highest BCUT2D eigenvalue weighted by Crippen LogP contribution is 2.54. The molecule has 0 bridgehead atoms. The molecular weight excluding hydrogens is 974 g/mol. The molecule has 1 aliphatic rings. The standard InChI is InChI=1S/C72H86ClN3S/c1-66(2,3)47-23-30-52(31-24-47)74(53-32-25-48(26-33-53)67(4,5)6)55-21-20-22-56(44-55)75(54-34-27-49(28-35-54)68(7,8)9)61-42-51(70(13,14)15)43-62(65(61)73)76(63-46-77-64-38-29-50(41-58(63)64)69(10,11)12)57-36-37-59-60(45-57)72(18,19)40-39-71(59,16)17/h20-38,41-46H,39-40H2,1-19H3. The lowest BCUT2D eigenvalue weighted by molar-refractivity contribution is 0.332. The van der Waals surface area contributed by atoms with E-state index in [2.05, 4.69) is 297 Å². The summed E-state index contributed by atoms with van der Waals surface area (Å²) < 4.78 is 1.25. The minimum absolute atomic E-state index is 0.00302. The number of hydrogen-bond acceptors (Lipinski definition) is 4. The van der Waals surface area contributed by atoms with Gasteiger partial charge in [-0.2, -0.15) is 0 Å². The van der Waals surface area contributed by atoms with Crippen molar-refractivity contribution in [3.05, 3.63) is 195 Å². The van der Waals surface area contributed by atoms with Gasteiger partial charge in [-0.1, -0.05) is 198 Å². The summed E-state index contributed by atoms with van der Waals surface area (Å²) in [4.78, 5) is 7.29. The van der Waals surface area contributed by atoms with Crippen LogP contribution in [0.1, 0.15) is 183 Å². The Labute approximate surface area is 473 Å². The van der Waals surface area contributed by atoms with Gasteiger partial charge in [-0.15, -0.1) is 11.3 Å². The third-order valence-electron chi connectivity index (χ3n) is 16.5. The van der Waals surface area contributed by atoms with E-state index in [9.17, 15) is 0 Å². The van der Waals surface area contributed by atoms with Crippen molar-refractivity contribution in [2.75, 3.05) is 14.7 Å². The van der Waals surface area contributed by atoms with Gasteiger partial charge in [0.25, 0.3) is 0 Å². The van der Waals surface area contributed by atoms with E-state index in [1.165, 1.54) is 49.0 Å². The number of halogens is 1. The smallest absolute Gasteiger partial charge is 0.0887 e. The Kier molecular flexibility index (Phi) is 14.4. The fourth-order valence-corrected chi connectivity index (χ4v) is 12.3. The molecular formula is C72H86ClN3S. The lowest BCUT2D eigenvalue weighted by Gasteiger charge is -2.42. The van der Waals surface area contributed by atoms with E-state index in [-0.39, 0.29) is 37.9 Å². The molecule has 0 atom stereocenters. The Morgan fingerprint density at radius 2 is 0.753 bits per heavy atom. The number of thiophene rings is 1. The van der Waals surface area contributed by atoms with Crippen LogP contribution in [0, 0.1) is 0 Å². The van der Waals surface area contributed by atoms with Gasteiger partial charge >= 0.3 is 0 Å². The minimum atomic E-state index is -0.239. The summed E-state index contributed by atoms with van der Waals surface area (Å²) in [5.41, 5.74) is 18.5. The van der Waals surface area contributed by atoms with Gasteiger partial charge in [0.2, 0.25) is 0 Å². The molecule has 1 aliphatic carbocycles. The maximum Gasteiger partial charge on any atom is 0.0887 e. The summed E-state index contributed by atoms with van der Waals surface area (Å²) in [6.07, 6.45) is 2.28. The second kappa shape index (κ2) is 19.8. The third kappa shape index (κ3) is 11.3. The molecule has 0 N–H and O–H groups in total. The van der Waals surface area contributed by atoms with Crippen molar-refractivity contribution in [2.24, 2.45) is 0 Å². The number of rotatable bonds is 9. The van der Waals surface area contributed by atoms with Crippen LogP contribution in [-0.4, -0.2) is 0 Å². The summed E-state index contributed by atoms with van der Waals surface area (Å²) >= 11 is 10.2. The van der Waals surface area contributed by atoms with Crippen molar-refractivity contribution in [2.45, 2.75) is 182 Å². The van der Waals surface area contributed by atoms with Crippen LogP contribution in [0.3, 0.4) is 0 Å². The van der Waals surface area contributed by atoms with E-state index < -0.39 is 0 Å². The molecule has 0 spiro atoms.